The monoisotopic (exact) mass is 345 g/mol. The van der Waals surface area contributed by atoms with E-state index in [0.29, 0.717) is 5.56 Å². The third kappa shape index (κ3) is 3.03. The van der Waals surface area contributed by atoms with Crippen LogP contribution in [0.2, 0.25) is 0 Å². The fraction of sp³-hybridized carbons (Fsp3) is 0.273. The lowest BCUT2D eigenvalue weighted by Gasteiger charge is -2.20. The first kappa shape index (κ1) is 16.6. The summed E-state index contributed by atoms with van der Waals surface area (Å²) in [6.07, 6.45) is 2.53. The summed E-state index contributed by atoms with van der Waals surface area (Å²) in [5.41, 5.74) is 6.25. The number of rotatable bonds is 3. The average molecular weight is 345 g/mol. The Labute approximate surface area is 153 Å². The highest BCUT2D eigenvalue weighted by Crippen LogP contribution is 2.32. The van der Waals surface area contributed by atoms with Gasteiger partial charge in [-0.2, -0.15) is 0 Å². The smallest absolute Gasteiger partial charge is 0.251 e. The van der Waals surface area contributed by atoms with Gasteiger partial charge in [0.25, 0.3) is 5.91 Å². The van der Waals surface area contributed by atoms with Gasteiger partial charge >= 0.3 is 0 Å². The van der Waals surface area contributed by atoms with Crippen LogP contribution in [0.1, 0.15) is 28.9 Å². The number of pyridine rings is 1. The molecule has 1 N–H and O–H groups in total. The number of hydrogen-bond donors (Lipinski definition) is 1. The Kier molecular flexibility index (Phi) is 4.33. The van der Waals surface area contributed by atoms with Crippen molar-refractivity contribution in [3.8, 4) is 11.1 Å². The molecule has 1 saturated heterocycles. The van der Waals surface area contributed by atoms with Gasteiger partial charge in [-0.05, 0) is 55.2 Å². The Morgan fingerprint density at radius 1 is 1.00 bits per heavy atom. The van der Waals surface area contributed by atoms with Crippen LogP contribution >= 0.6 is 0 Å². The third-order valence-corrected chi connectivity index (χ3v) is 5.07. The maximum atomic E-state index is 11.7. The van der Waals surface area contributed by atoms with Crippen LogP contribution < -0.4 is 10.2 Å². The molecule has 26 heavy (non-hydrogen) atoms. The lowest BCUT2D eigenvalue weighted by atomic mass is 10.0. The summed E-state index contributed by atoms with van der Waals surface area (Å²) in [5, 5.41) is 3.86. The van der Waals surface area contributed by atoms with Crippen LogP contribution in [0.5, 0.6) is 0 Å². The zero-order valence-corrected chi connectivity index (χ0v) is 15.2. The van der Waals surface area contributed by atoms with E-state index < -0.39 is 0 Å². The summed E-state index contributed by atoms with van der Waals surface area (Å²) in [7, 11) is 1.64. The van der Waals surface area contributed by atoms with Crippen molar-refractivity contribution >= 4 is 22.5 Å². The van der Waals surface area contributed by atoms with Crippen LogP contribution in [0, 0.1) is 6.92 Å². The molecule has 4 heteroatoms. The molecule has 1 aromatic heterocycles. The molecule has 2 aromatic carbocycles. The van der Waals surface area contributed by atoms with Crippen LogP contribution in [0.4, 0.5) is 5.69 Å². The van der Waals surface area contributed by atoms with Crippen molar-refractivity contribution in [3.05, 3.63) is 59.8 Å². The first-order valence-electron chi connectivity index (χ1n) is 9.14. The number of hydrogen-bond acceptors (Lipinski definition) is 3. The molecule has 0 bridgehead atoms. The van der Waals surface area contributed by atoms with Crippen molar-refractivity contribution in [2.75, 3.05) is 25.0 Å². The topological polar surface area (TPSA) is 45.2 Å². The average Bonchev–Trinajstić information content (AvgIpc) is 3.21. The second-order valence-corrected chi connectivity index (χ2v) is 6.87. The van der Waals surface area contributed by atoms with Crippen molar-refractivity contribution in [1.82, 2.24) is 10.3 Å². The lowest BCUT2D eigenvalue weighted by molar-refractivity contribution is 0.0963. The van der Waals surface area contributed by atoms with Crippen molar-refractivity contribution in [3.63, 3.8) is 0 Å². The van der Waals surface area contributed by atoms with Crippen molar-refractivity contribution in [2.24, 2.45) is 0 Å². The minimum absolute atomic E-state index is 0.0670. The lowest BCUT2D eigenvalue weighted by Crippen LogP contribution is -2.18. The number of nitrogens with one attached hydrogen (secondary N) is 1. The Balaban J connectivity index is 1.74. The standard InChI is InChI=1S/C22H23N3O/c1-15-13-21(25-11-3-4-12-25)19-10-9-18(14-20(19)24-15)16-5-7-17(8-6-16)22(26)23-2/h5-10,13-14H,3-4,11-12H2,1-2H3,(H,23,26). The van der Waals surface area contributed by atoms with Gasteiger partial charge in [0.05, 0.1) is 5.52 Å². The van der Waals surface area contributed by atoms with Gasteiger partial charge in [-0.3, -0.25) is 9.78 Å². The zero-order chi connectivity index (χ0) is 18.1. The largest absolute Gasteiger partial charge is 0.371 e. The van der Waals surface area contributed by atoms with E-state index in [1.54, 1.807) is 7.05 Å². The number of carbonyl (C=O) groups is 1. The highest BCUT2D eigenvalue weighted by atomic mass is 16.1. The second-order valence-electron chi connectivity index (χ2n) is 6.87. The quantitative estimate of drug-likeness (QED) is 0.775. The molecule has 0 unspecified atom stereocenters. The molecule has 0 saturated carbocycles. The number of carbonyl (C=O) groups excluding carboxylic acids is 1. The van der Waals surface area contributed by atoms with E-state index in [1.807, 2.05) is 24.3 Å². The van der Waals surface area contributed by atoms with E-state index >= 15 is 0 Å². The molecule has 0 radical (unpaired) electrons. The van der Waals surface area contributed by atoms with Gasteiger partial charge in [0, 0.05) is 42.5 Å². The fourth-order valence-corrected chi connectivity index (χ4v) is 3.70. The molecule has 1 aliphatic heterocycles. The van der Waals surface area contributed by atoms with Gasteiger partial charge in [-0.1, -0.05) is 24.3 Å². The summed E-state index contributed by atoms with van der Waals surface area (Å²) in [6.45, 7) is 4.31. The Hall–Kier alpha value is -2.88. The van der Waals surface area contributed by atoms with Crippen molar-refractivity contribution < 1.29 is 4.79 Å². The van der Waals surface area contributed by atoms with Gasteiger partial charge in [0.2, 0.25) is 0 Å². The molecular weight excluding hydrogens is 322 g/mol. The molecule has 0 aliphatic carbocycles. The Morgan fingerprint density at radius 3 is 2.38 bits per heavy atom. The van der Waals surface area contributed by atoms with Gasteiger partial charge in [0.15, 0.2) is 0 Å². The van der Waals surface area contributed by atoms with Gasteiger partial charge in [0.1, 0.15) is 0 Å². The zero-order valence-electron chi connectivity index (χ0n) is 15.2. The number of amides is 1. The summed E-state index contributed by atoms with van der Waals surface area (Å²) in [6, 6.07) is 16.4. The molecule has 0 spiro atoms. The van der Waals surface area contributed by atoms with E-state index in [4.69, 9.17) is 4.98 Å². The number of aryl methyl sites for hydroxylation is 1. The number of nitrogens with zero attached hydrogens (tertiary/aromatic N) is 2. The third-order valence-electron chi connectivity index (χ3n) is 5.07. The molecule has 2 heterocycles. The molecule has 4 nitrogen and oxygen atoms in total. The number of fused-ring (bicyclic) bond motifs is 1. The Bertz CT molecular complexity index is 957. The van der Waals surface area contributed by atoms with Crippen LogP contribution in [0.3, 0.4) is 0 Å². The highest BCUT2D eigenvalue weighted by molar-refractivity contribution is 5.96. The molecule has 1 aliphatic rings. The maximum absolute atomic E-state index is 11.7. The van der Waals surface area contributed by atoms with Crippen LogP contribution in [0.15, 0.2) is 48.5 Å². The van der Waals surface area contributed by atoms with Gasteiger partial charge in [-0.25, -0.2) is 0 Å². The van der Waals surface area contributed by atoms with Gasteiger partial charge < -0.3 is 10.2 Å². The molecule has 3 aromatic rings. The van der Waals surface area contributed by atoms with Crippen molar-refractivity contribution in [2.45, 2.75) is 19.8 Å². The molecule has 1 fully saturated rings. The van der Waals surface area contributed by atoms with Crippen LogP contribution in [0.25, 0.3) is 22.0 Å². The molecule has 1 amide bonds. The number of anilines is 1. The number of aromatic nitrogens is 1. The maximum Gasteiger partial charge on any atom is 0.251 e. The normalized spacial score (nSPS) is 14.0. The minimum Gasteiger partial charge on any atom is -0.371 e. The van der Waals surface area contributed by atoms with Gasteiger partial charge in [-0.15, -0.1) is 0 Å². The molecule has 0 atom stereocenters. The van der Waals surface area contributed by atoms with E-state index in [1.165, 1.54) is 23.9 Å². The SMILES string of the molecule is CNC(=O)c1ccc(-c2ccc3c(N4CCCC4)cc(C)nc3c2)cc1. The predicted octanol–water partition coefficient (Wildman–Crippen LogP) is 4.17. The van der Waals surface area contributed by atoms with Crippen molar-refractivity contribution in [1.29, 1.82) is 0 Å². The summed E-state index contributed by atoms with van der Waals surface area (Å²) in [4.78, 5) is 18.9. The Morgan fingerprint density at radius 2 is 1.69 bits per heavy atom. The van der Waals surface area contributed by atoms with Crippen LogP contribution in [-0.2, 0) is 0 Å². The number of benzene rings is 2. The summed E-state index contributed by atoms with van der Waals surface area (Å²) < 4.78 is 0. The van der Waals surface area contributed by atoms with E-state index in [2.05, 4.69) is 41.4 Å². The first-order chi connectivity index (χ1) is 12.7. The first-order valence-corrected chi connectivity index (χ1v) is 9.14. The van der Waals surface area contributed by atoms with E-state index in [9.17, 15) is 4.79 Å². The van der Waals surface area contributed by atoms with E-state index in [0.717, 1.165) is 35.4 Å². The highest BCUT2D eigenvalue weighted by Gasteiger charge is 2.16. The molecule has 4 rings (SSSR count). The molecule has 132 valence electrons. The molecular formula is C22H23N3O. The van der Waals surface area contributed by atoms with E-state index in [-0.39, 0.29) is 5.91 Å². The summed E-state index contributed by atoms with van der Waals surface area (Å²) in [5.74, 6) is -0.0670. The minimum atomic E-state index is -0.0670. The fourth-order valence-electron chi connectivity index (χ4n) is 3.70. The second kappa shape index (κ2) is 6.79. The van der Waals surface area contributed by atoms with Crippen LogP contribution in [-0.4, -0.2) is 31.0 Å². The summed E-state index contributed by atoms with van der Waals surface area (Å²) >= 11 is 0. The predicted molar refractivity (Wildman–Crippen MR) is 107 cm³/mol.